The van der Waals surface area contributed by atoms with Gasteiger partial charge in [0.15, 0.2) is 0 Å². The molecule has 0 spiro atoms. The van der Waals surface area contributed by atoms with Crippen LogP contribution in [0.25, 0.3) is 0 Å². The second kappa shape index (κ2) is 7.74. The quantitative estimate of drug-likeness (QED) is 0.675. The van der Waals surface area contributed by atoms with E-state index in [0.717, 1.165) is 18.9 Å². The molecule has 0 fully saturated rings. The third kappa shape index (κ3) is 8.80. The Labute approximate surface area is 102 Å². The molecule has 0 saturated carbocycles. The molecular weight excluding hydrogens is 194 g/mol. The second-order valence-corrected chi connectivity index (χ2v) is 5.99. The first-order valence-corrected chi connectivity index (χ1v) is 6.52. The summed E-state index contributed by atoms with van der Waals surface area (Å²) in [6.07, 6.45) is 3.51. The van der Waals surface area contributed by atoms with Gasteiger partial charge in [0.05, 0.1) is 0 Å². The van der Waals surface area contributed by atoms with Gasteiger partial charge in [0.25, 0.3) is 0 Å². The van der Waals surface area contributed by atoms with Crippen LogP contribution in [0, 0.1) is 23.2 Å². The summed E-state index contributed by atoms with van der Waals surface area (Å²) in [4.78, 5) is 0. The fraction of sp³-hybridized carbons (Fsp3) is 0.867. The maximum atomic E-state index is 3.53. The van der Waals surface area contributed by atoms with E-state index >= 15 is 0 Å². The lowest BCUT2D eigenvalue weighted by molar-refractivity contribution is 0.276. The highest BCUT2D eigenvalue weighted by Gasteiger charge is 2.18. The number of nitrogens with one attached hydrogen (secondary N) is 1. The van der Waals surface area contributed by atoms with Crippen molar-refractivity contribution in [1.29, 1.82) is 0 Å². The number of rotatable bonds is 6. The van der Waals surface area contributed by atoms with Crippen LogP contribution in [-0.4, -0.2) is 12.6 Å². The van der Waals surface area contributed by atoms with Crippen LogP contribution in [0.4, 0.5) is 0 Å². The summed E-state index contributed by atoms with van der Waals surface area (Å²) >= 11 is 0. The van der Waals surface area contributed by atoms with E-state index in [1.165, 1.54) is 12.8 Å². The molecule has 0 aliphatic rings. The van der Waals surface area contributed by atoms with Crippen molar-refractivity contribution in [3.05, 3.63) is 0 Å². The zero-order valence-electron chi connectivity index (χ0n) is 12.0. The number of hydrogen-bond donors (Lipinski definition) is 1. The van der Waals surface area contributed by atoms with Gasteiger partial charge >= 0.3 is 0 Å². The van der Waals surface area contributed by atoms with Crippen molar-refractivity contribution in [3.8, 4) is 11.8 Å². The molecule has 0 rings (SSSR count). The van der Waals surface area contributed by atoms with Gasteiger partial charge in [-0.25, -0.2) is 0 Å². The Morgan fingerprint density at radius 2 is 1.88 bits per heavy atom. The molecule has 1 N–H and O–H groups in total. The summed E-state index contributed by atoms with van der Waals surface area (Å²) < 4.78 is 0. The Balaban J connectivity index is 4.09. The van der Waals surface area contributed by atoms with E-state index in [4.69, 9.17) is 0 Å². The minimum absolute atomic E-state index is 0.437. The number of hydrogen-bond acceptors (Lipinski definition) is 1. The van der Waals surface area contributed by atoms with Crippen LogP contribution >= 0.6 is 0 Å². The van der Waals surface area contributed by atoms with Gasteiger partial charge in [-0.1, -0.05) is 34.6 Å². The minimum Gasteiger partial charge on any atom is -0.313 e. The molecule has 0 saturated heterocycles. The highest BCUT2D eigenvalue weighted by atomic mass is 14.9. The predicted molar refractivity (Wildman–Crippen MR) is 73.4 cm³/mol. The molecule has 0 aliphatic carbocycles. The van der Waals surface area contributed by atoms with Gasteiger partial charge in [-0.15, -0.1) is 11.8 Å². The van der Waals surface area contributed by atoms with Crippen molar-refractivity contribution in [2.75, 3.05) is 6.54 Å². The van der Waals surface area contributed by atoms with Crippen LogP contribution in [0.3, 0.4) is 0 Å². The fourth-order valence-corrected chi connectivity index (χ4v) is 2.37. The van der Waals surface area contributed by atoms with Crippen molar-refractivity contribution in [2.45, 2.75) is 66.8 Å². The molecular formula is C15H29N. The zero-order chi connectivity index (χ0) is 12.6. The van der Waals surface area contributed by atoms with Gasteiger partial charge < -0.3 is 5.32 Å². The topological polar surface area (TPSA) is 12.0 Å². The van der Waals surface area contributed by atoms with Crippen molar-refractivity contribution >= 4 is 0 Å². The van der Waals surface area contributed by atoms with E-state index in [1.54, 1.807) is 0 Å². The maximum Gasteiger partial charge on any atom is 0.0243 e. The van der Waals surface area contributed by atoms with Crippen molar-refractivity contribution in [1.82, 2.24) is 5.32 Å². The summed E-state index contributed by atoms with van der Waals surface area (Å²) in [5.74, 6) is 6.94. The van der Waals surface area contributed by atoms with Gasteiger partial charge in [0, 0.05) is 12.5 Å². The van der Waals surface area contributed by atoms with E-state index in [-0.39, 0.29) is 0 Å². The molecule has 16 heavy (non-hydrogen) atoms. The average molecular weight is 223 g/mol. The summed E-state index contributed by atoms with van der Waals surface area (Å²) in [6.45, 7) is 14.4. The maximum absolute atomic E-state index is 3.53. The van der Waals surface area contributed by atoms with Crippen LogP contribution in [0.5, 0.6) is 0 Å². The van der Waals surface area contributed by atoms with Gasteiger partial charge in [-0.2, -0.15) is 0 Å². The van der Waals surface area contributed by atoms with Gasteiger partial charge in [-0.05, 0) is 37.6 Å². The monoisotopic (exact) mass is 223 g/mol. The lowest BCUT2D eigenvalue weighted by Gasteiger charge is -2.26. The lowest BCUT2D eigenvalue weighted by atomic mass is 9.82. The van der Waals surface area contributed by atoms with E-state index in [9.17, 15) is 0 Å². The van der Waals surface area contributed by atoms with Gasteiger partial charge in [-0.3, -0.25) is 0 Å². The smallest absolute Gasteiger partial charge is 0.0243 e. The van der Waals surface area contributed by atoms with E-state index in [2.05, 4.69) is 51.8 Å². The van der Waals surface area contributed by atoms with E-state index in [1.807, 2.05) is 6.92 Å². The van der Waals surface area contributed by atoms with Crippen molar-refractivity contribution < 1.29 is 0 Å². The third-order valence-electron chi connectivity index (χ3n) is 2.67. The molecule has 0 amide bonds. The fourth-order valence-electron chi connectivity index (χ4n) is 2.37. The van der Waals surface area contributed by atoms with Crippen molar-refractivity contribution in [3.63, 3.8) is 0 Å². The van der Waals surface area contributed by atoms with Crippen molar-refractivity contribution in [2.24, 2.45) is 11.3 Å². The molecule has 94 valence electrons. The van der Waals surface area contributed by atoms with Crippen LogP contribution < -0.4 is 5.32 Å². The van der Waals surface area contributed by atoms with E-state index < -0.39 is 0 Å². The molecule has 0 aromatic carbocycles. The summed E-state index contributed by atoms with van der Waals surface area (Å²) in [5, 5.41) is 3.53. The molecule has 1 nitrogen and oxygen atoms in total. The zero-order valence-corrected chi connectivity index (χ0v) is 12.0. The normalized spacial score (nSPS) is 15.1. The summed E-state index contributed by atoms with van der Waals surface area (Å²) in [6, 6.07) is 0.565. The second-order valence-electron chi connectivity index (χ2n) is 5.99. The van der Waals surface area contributed by atoms with Crippen LogP contribution in [0.15, 0.2) is 0 Å². The first kappa shape index (κ1) is 15.5. The Morgan fingerprint density at radius 3 is 2.31 bits per heavy atom. The first-order valence-electron chi connectivity index (χ1n) is 6.52. The molecule has 1 heteroatoms. The molecule has 0 aliphatic heterocycles. The summed E-state index contributed by atoms with van der Waals surface area (Å²) in [7, 11) is 0. The SMILES string of the molecule is CC#CCC(CC(C)CC(C)(C)C)NCC. The van der Waals surface area contributed by atoms with E-state index in [0.29, 0.717) is 11.5 Å². The van der Waals surface area contributed by atoms with Gasteiger partial charge in [0.1, 0.15) is 0 Å². The van der Waals surface area contributed by atoms with Crippen LogP contribution in [-0.2, 0) is 0 Å². The minimum atomic E-state index is 0.437. The standard InChI is InChI=1S/C15H29N/c1-7-9-10-14(16-8-2)11-13(3)12-15(4,5)6/h13-14,16H,8,10-12H2,1-6H3. The summed E-state index contributed by atoms with van der Waals surface area (Å²) in [5.41, 5.74) is 0.437. The molecule has 0 heterocycles. The Kier molecular flexibility index (Phi) is 7.51. The highest BCUT2D eigenvalue weighted by molar-refractivity contribution is 4.98. The Bertz CT molecular complexity index is 226. The first-order chi connectivity index (χ1) is 7.39. The van der Waals surface area contributed by atoms with Crippen LogP contribution in [0.1, 0.15) is 60.8 Å². The largest absolute Gasteiger partial charge is 0.313 e. The molecule has 0 aromatic rings. The predicted octanol–water partition coefficient (Wildman–Crippen LogP) is 3.84. The Hall–Kier alpha value is -0.480. The molecule has 2 atom stereocenters. The van der Waals surface area contributed by atoms with Crippen LogP contribution in [0.2, 0.25) is 0 Å². The average Bonchev–Trinajstić information content (AvgIpc) is 2.11. The molecule has 0 aromatic heterocycles. The highest BCUT2D eigenvalue weighted by Crippen LogP contribution is 2.27. The van der Waals surface area contributed by atoms with Gasteiger partial charge in [0.2, 0.25) is 0 Å². The Morgan fingerprint density at radius 1 is 1.25 bits per heavy atom. The third-order valence-corrected chi connectivity index (χ3v) is 2.67. The molecule has 0 radical (unpaired) electrons. The lowest BCUT2D eigenvalue weighted by Crippen LogP contribution is -2.31. The molecule has 2 unspecified atom stereocenters. The molecule has 0 bridgehead atoms.